The summed E-state index contributed by atoms with van der Waals surface area (Å²) in [6.07, 6.45) is 0. The number of amides is 1. The fraction of sp³-hybridized carbons (Fsp3) is 0.133. The number of hydrogen-bond acceptors (Lipinski definition) is 2. The van der Waals surface area contributed by atoms with Crippen molar-refractivity contribution >= 4 is 33.2 Å². The van der Waals surface area contributed by atoms with Crippen LogP contribution in [-0.2, 0) is 0 Å². The molecule has 0 unspecified atom stereocenters. The van der Waals surface area contributed by atoms with Gasteiger partial charge in [-0.3, -0.25) is 4.79 Å². The third kappa shape index (κ3) is 2.67. The maximum absolute atomic E-state index is 13.5. The van der Waals surface area contributed by atoms with E-state index in [1.807, 2.05) is 13.0 Å². The number of benzene rings is 2. The Morgan fingerprint density at radius 1 is 1.25 bits per heavy atom. The van der Waals surface area contributed by atoms with Gasteiger partial charge in [-0.15, -0.1) is 0 Å². The Bertz CT molecular complexity index is 646. The fourth-order valence-electron chi connectivity index (χ4n) is 1.97. The van der Waals surface area contributed by atoms with Gasteiger partial charge in [0.2, 0.25) is 0 Å². The number of rotatable bonds is 3. The summed E-state index contributed by atoms with van der Waals surface area (Å²) >= 11 is 3.12. The molecule has 5 heteroatoms. The zero-order valence-corrected chi connectivity index (χ0v) is 12.5. The smallest absolute Gasteiger partial charge is 0.259 e. The molecule has 0 fully saturated rings. The zero-order chi connectivity index (χ0) is 14.7. The van der Waals surface area contributed by atoms with Gasteiger partial charge >= 0.3 is 0 Å². The Kier molecular flexibility index (Phi) is 4.39. The molecular weight excluding hydrogens is 323 g/mol. The highest BCUT2D eigenvalue weighted by Gasteiger charge is 2.21. The lowest BCUT2D eigenvalue weighted by molar-refractivity contribution is 0.0987. The van der Waals surface area contributed by atoms with Crippen molar-refractivity contribution in [2.75, 3.05) is 17.2 Å². The predicted molar refractivity (Wildman–Crippen MR) is 82.3 cm³/mol. The molecule has 0 radical (unpaired) electrons. The van der Waals surface area contributed by atoms with E-state index >= 15 is 0 Å². The van der Waals surface area contributed by atoms with Crippen molar-refractivity contribution in [3.05, 3.63) is 58.3 Å². The minimum Gasteiger partial charge on any atom is -0.397 e. The van der Waals surface area contributed by atoms with Crippen LogP contribution in [0.4, 0.5) is 15.8 Å². The summed E-state index contributed by atoms with van der Waals surface area (Å²) in [5, 5.41) is 0. The number of carbonyl (C=O) groups excluding carboxylic acids is 1. The first-order chi connectivity index (χ1) is 9.56. The molecular formula is C15H14BrFN2O. The van der Waals surface area contributed by atoms with Gasteiger partial charge in [0.05, 0.1) is 21.4 Å². The molecule has 2 aromatic carbocycles. The normalized spacial score (nSPS) is 10.3. The van der Waals surface area contributed by atoms with Crippen molar-refractivity contribution < 1.29 is 9.18 Å². The Balaban J connectivity index is 2.45. The topological polar surface area (TPSA) is 46.3 Å². The first-order valence-electron chi connectivity index (χ1n) is 6.16. The van der Waals surface area contributed by atoms with E-state index in [0.29, 0.717) is 17.9 Å². The molecule has 0 aliphatic carbocycles. The van der Waals surface area contributed by atoms with Crippen LogP contribution >= 0.6 is 15.9 Å². The summed E-state index contributed by atoms with van der Waals surface area (Å²) in [6.45, 7) is 2.29. The number of nitrogens with two attached hydrogens (primary N) is 1. The summed E-state index contributed by atoms with van der Waals surface area (Å²) in [4.78, 5) is 14.1. The maximum atomic E-state index is 13.5. The van der Waals surface area contributed by atoms with Gasteiger partial charge in [0.25, 0.3) is 5.91 Å². The number of hydrogen-bond donors (Lipinski definition) is 1. The Labute approximate surface area is 125 Å². The van der Waals surface area contributed by atoms with Crippen molar-refractivity contribution in [1.29, 1.82) is 0 Å². The van der Waals surface area contributed by atoms with Crippen LogP contribution in [0.3, 0.4) is 0 Å². The number of para-hydroxylation sites is 2. The van der Waals surface area contributed by atoms with E-state index in [2.05, 4.69) is 15.9 Å². The summed E-state index contributed by atoms with van der Waals surface area (Å²) in [7, 11) is 0. The molecule has 2 rings (SSSR count). The minimum absolute atomic E-state index is 0.165. The lowest BCUT2D eigenvalue weighted by Crippen LogP contribution is -2.31. The van der Waals surface area contributed by atoms with Gasteiger partial charge in [0, 0.05) is 6.54 Å². The number of halogens is 2. The highest BCUT2D eigenvalue weighted by molar-refractivity contribution is 9.10. The second-order valence-corrected chi connectivity index (χ2v) is 5.00. The third-order valence-electron chi connectivity index (χ3n) is 2.97. The van der Waals surface area contributed by atoms with Gasteiger partial charge in [0.15, 0.2) is 0 Å². The molecule has 2 aromatic rings. The molecule has 0 aliphatic rings. The van der Waals surface area contributed by atoms with Crippen molar-refractivity contribution in [2.24, 2.45) is 0 Å². The number of nitrogen functional groups attached to an aromatic ring is 1. The lowest BCUT2D eigenvalue weighted by atomic mass is 10.1. The van der Waals surface area contributed by atoms with Crippen molar-refractivity contribution in [2.45, 2.75) is 6.92 Å². The number of anilines is 2. The second kappa shape index (κ2) is 6.05. The van der Waals surface area contributed by atoms with E-state index in [4.69, 9.17) is 5.73 Å². The van der Waals surface area contributed by atoms with Crippen LogP contribution in [0.2, 0.25) is 0 Å². The molecule has 1 amide bonds. The molecule has 0 spiro atoms. The Hall–Kier alpha value is -1.88. The van der Waals surface area contributed by atoms with Crippen LogP contribution in [0.15, 0.2) is 46.9 Å². The Morgan fingerprint density at radius 3 is 2.60 bits per heavy atom. The molecule has 0 saturated heterocycles. The minimum atomic E-state index is -0.465. The molecule has 20 heavy (non-hydrogen) atoms. The van der Waals surface area contributed by atoms with Crippen molar-refractivity contribution in [3.63, 3.8) is 0 Å². The van der Waals surface area contributed by atoms with Crippen LogP contribution in [-0.4, -0.2) is 12.5 Å². The average molecular weight is 337 g/mol. The molecule has 0 saturated carbocycles. The predicted octanol–water partition coefficient (Wildman–Crippen LogP) is 3.84. The van der Waals surface area contributed by atoms with Gasteiger partial charge in [0.1, 0.15) is 5.82 Å². The van der Waals surface area contributed by atoms with E-state index in [1.54, 1.807) is 24.3 Å². The summed E-state index contributed by atoms with van der Waals surface area (Å²) in [5.74, 6) is -0.760. The van der Waals surface area contributed by atoms with E-state index in [1.165, 1.54) is 17.0 Å². The van der Waals surface area contributed by atoms with Crippen LogP contribution in [0, 0.1) is 5.82 Å². The lowest BCUT2D eigenvalue weighted by Gasteiger charge is -2.23. The van der Waals surface area contributed by atoms with E-state index < -0.39 is 5.82 Å². The SMILES string of the molecule is CCN(C(=O)c1cccc(F)c1Br)c1ccccc1N. The largest absolute Gasteiger partial charge is 0.397 e. The molecule has 0 atom stereocenters. The average Bonchev–Trinajstić information content (AvgIpc) is 2.44. The fourth-order valence-corrected chi connectivity index (χ4v) is 2.40. The summed E-state index contributed by atoms with van der Waals surface area (Å²) < 4.78 is 13.7. The molecule has 0 aliphatic heterocycles. The van der Waals surface area contributed by atoms with E-state index in [9.17, 15) is 9.18 Å². The zero-order valence-electron chi connectivity index (χ0n) is 10.9. The molecule has 0 bridgehead atoms. The van der Waals surface area contributed by atoms with Crippen LogP contribution in [0.25, 0.3) is 0 Å². The van der Waals surface area contributed by atoms with E-state index in [-0.39, 0.29) is 15.9 Å². The summed E-state index contributed by atoms with van der Waals surface area (Å²) in [6, 6.07) is 11.5. The number of nitrogens with zero attached hydrogens (tertiary/aromatic N) is 1. The van der Waals surface area contributed by atoms with Gasteiger partial charge in [-0.05, 0) is 47.1 Å². The van der Waals surface area contributed by atoms with Gasteiger partial charge in [-0.25, -0.2) is 4.39 Å². The number of carbonyl (C=O) groups is 1. The van der Waals surface area contributed by atoms with E-state index in [0.717, 1.165) is 0 Å². The Morgan fingerprint density at radius 2 is 1.95 bits per heavy atom. The first kappa shape index (κ1) is 14.5. The summed E-state index contributed by atoms with van der Waals surface area (Å²) in [5.41, 5.74) is 7.31. The van der Waals surface area contributed by atoms with Gasteiger partial charge in [-0.2, -0.15) is 0 Å². The molecule has 2 N–H and O–H groups in total. The highest BCUT2D eigenvalue weighted by atomic mass is 79.9. The molecule has 3 nitrogen and oxygen atoms in total. The van der Waals surface area contributed by atoms with Gasteiger partial charge < -0.3 is 10.6 Å². The van der Waals surface area contributed by atoms with Gasteiger partial charge in [-0.1, -0.05) is 18.2 Å². The standard InChI is InChI=1S/C15H14BrFN2O/c1-2-19(13-9-4-3-8-12(13)18)15(20)10-6-5-7-11(17)14(10)16/h3-9H,2,18H2,1H3. The van der Waals surface area contributed by atoms with Crippen LogP contribution < -0.4 is 10.6 Å². The van der Waals surface area contributed by atoms with Crippen molar-refractivity contribution in [3.8, 4) is 0 Å². The quantitative estimate of drug-likeness (QED) is 0.865. The molecule has 104 valence electrons. The van der Waals surface area contributed by atoms with Crippen LogP contribution in [0.1, 0.15) is 17.3 Å². The highest BCUT2D eigenvalue weighted by Crippen LogP contribution is 2.27. The monoisotopic (exact) mass is 336 g/mol. The van der Waals surface area contributed by atoms with Crippen LogP contribution in [0.5, 0.6) is 0 Å². The third-order valence-corrected chi connectivity index (χ3v) is 3.78. The first-order valence-corrected chi connectivity index (χ1v) is 6.96. The second-order valence-electron chi connectivity index (χ2n) is 4.21. The molecule has 0 aromatic heterocycles. The molecule has 0 heterocycles. The van der Waals surface area contributed by atoms with Crippen molar-refractivity contribution in [1.82, 2.24) is 0 Å². The maximum Gasteiger partial charge on any atom is 0.259 e.